The highest BCUT2D eigenvalue weighted by Gasteiger charge is 2.18. The first-order valence-electron chi connectivity index (χ1n) is 10.6. The molecule has 3 aromatic rings. The van der Waals surface area contributed by atoms with Crippen molar-refractivity contribution >= 4 is 17.3 Å². The van der Waals surface area contributed by atoms with Gasteiger partial charge in [0.1, 0.15) is 6.07 Å². The maximum atomic E-state index is 12.5. The number of nitrogens with zero attached hydrogens (tertiary/aromatic N) is 3. The average Bonchev–Trinajstić information content (AvgIpc) is 2.82. The number of aliphatic hydroxyl groups excluding tert-OH is 1. The Hall–Kier alpha value is -3.73. The van der Waals surface area contributed by atoms with Crippen LogP contribution in [0.3, 0.4) is 0 Å². The van der Waals surface area contributed by atoms with Gasteiger partial charge in [-0.3, -0.25) is 14.7 Å². The van der Waals surface area contributed by atoms with E-state index in [2.05, 4.69) is 21.3 Å². The molecule has 0 spiro atoms. The fourth-order valence-corrected chi connectivity index (χ4v) is 3.83. The Balaban J connectivity index is 1.48. The molecule has 0 unspecified atom stereocenters. The van der Waals surface area contributed by atoms with Gasteiger partial charge >= 0.3 is 0 Å². The molecule has 1 fully saturated rings. The number of nitrogens with two attached hydrogens (primary N) is 1. The number of hydrogen-bond acceptors (Lipinski definition) is 6. The van der Waals surface area contributed by atoms with Gasteiger partial charge in [-0.2, -0.15) is 5.26 Å². The van der Waals surface area contributed by atoms with Gasteiger partial charge in [0.2, 0.25) is 0 Å². The molecular formula is C25H25N5O2. The minimum absolute atomic E-state index is 0.212. The lowest BCUT2D eigenvalue weighted by Gasteiger charge is -2.29. The lowest BCUT2D eigenvalue weighted by Crippen LogP contribution is -2.35. The average molecular weight is 428 g/mol. The van der Waals surface area contributed by atoms with E-state index < -0.39 is 0 Å². The topological polar surface area (TPSA) is 115 Å². The summed E-state index contributed by atoms with van der Waals surface area (Å²) in [6.45, 7) is 2.38. The molecule has 0 bridgehead atoms. The molecule has 162 valence electrons. The highest BCUT2D eigenvalue weighted by Crippen LogP contribution is 2.24. The molecule has 1 saturated heterocycles. The van der Waals surface area contributed by atoms with Crippen molar-refractivity contribution in [1.82, 2.24) is 9.88 Å². The van der Waals surface area contributed by atoms with Crippen molar-refractivity contribution in [2.75, 3.05) is 24.1 Å². The molecule has 1 aliphatic rings. The Bertz CT molecular complexity index is 1150. The molecule has 2 heterocycles. The zero-order valence-corrected chi connectivity index (χ0v) is 17.7. The second-order valence-electron chi connectivity index (χ2n) is 7.98. The SMILES string of the molecule is N#Cc1cc(CN2CCC(O)CC2)cnc1-c1ccc(C(=O)Nc2ccccc2N)cc1. The van der Waals surface area contributed by atoms with Crippen molar-refractivity contribution in [3.8, 4) is 17.3 Å². The number of aliphatic hydroxyl groups is 1. The number of pyridine rings is 1. The zero-order valence-electron chi connectivity index (χ0n) is 17.7. The number of rotatable bonds is 5. The van der Waals surface area contributed by atoms with Crippen LogP contribution in [0.25, 0.3) is 11.3 Å². The lowest BCUT2D eigenvalue weighted by molar-refractivity contribution is 0.0792. The maximum absolute atomic E-state index is 12.5. The van der Waals surface area contributed by atoms with E-state index in [9.17, 15) is 15.2 Å². The normalized spacial score (nSPS) is 14.6. The Morgan fingerprint density at radius 2 is 1.91 bits per heavy atom. The van der Waals surface area contributed by atoms with E-state index in [0.717, 1.165) is 37.1 Å². The summed E-state index contributed by atoms with van der Waals surface area (Å²) in [7, 11) is 0. The van der Waals surface area contributed by atoms with Crippen LogP contribution < -0.4 is 11.1 Å². The third-order valence-electron chi connectivity index (χ3n) is 5.66. The van der Waals surface area contributed by atoms with Crippen molar-refractivity contribution in [3.63, 3.8) is 0 Å². The van der Waals surface area contributed by atoms with Crippen molar-refractivity contribution in [2.24, 2.45) is 0 Å². The molecule has 0 saturated carbocycles. The van der Waals surface area contributed by atoms with Gasteiger partial charge in [-0.05, 0) is 48.7 Å². The summed E-state index contributed by atoms with van der Waals surface area (Å²) in [6.07, 6.45) is 3.12. The van der Waals surface area contributed by atoms with Gasteiger partial charge in [-0.15, -0.1) is 0 Å². The van der Waals surface area contributed by atoms with E-state index in [4.69, 9.17) is 5.73 Å². The fourth-order valence-electron chi connectivity index (χ4n) is 3.83. The molecule has 7 nitrogen and oxygen atoms in total. The van der Waals surface area contributed by atoms with Gasteiger partial charge in [0.15, 0.2) is 0 Å². The van der Waals surface area contributed by atoms with Gasteiger partial charge in [-0.1, -0.05) is 24.3 Å². The largest absolute Gasteiger partial charge is 0.397 e. The van der Waals surface area contributed by atoms with Crippen molar-refractivity contribution in [3.05, 3.63) is 77.5 Å². The Morgan fingerprint density at radius 1 is 1.19 bits per heavy atom. The smallest absolute Gasteiger partial charge is 0.255 e. The Kier molecular flexibility index (Phi) is 6.45. The Labute approximate surface area is 187 Å². The molecule has 4 rings (SSSR count). The Morgan fingerprint density at radius 3 is 2.59 bits per heavy atom. The number of hydrogen-bond donors (Lipinski definition) is 3. The highest BCUT2D eigenvalue weighted by molar-refractivity contribution is 6.05. The van der Waals surface area contributed by atoms with Gasteiger partial charge in [-0.25, -0.2) is 0 Å². The van der Waals surface area contributed by atoms with Gasteiger partial charge < -0.3 is 16.2 Å². The van der Waals surface area contributed by atoms with Crippen molar-refractivity contribution < 1.29 is 9.90 Å². The summed E-state index contributed by atoms with van der Waals surface area (Å²) >= 11 is 0. The number of nitriles is 1. The molecule has 0 radical (unpaired) electrons. The number of nitrogen functional groups attached to an aromatic ring is 1. The molecule has 1 aromatic heterocycles. The van der Waals surface area contributed by atoms with Crippen LogP contribution in [-0.4, -0.2) is 40.1 Å². The van der Waals surface area contributed by atoms with E-state index in [1.807, 2.05) is 18.2 Å². The first-order valence-corrected chi connectivity index (χ1v) is 10.6. The van der Waals surface area contributed by atoms with Crippen molar-refractivity contribution in [1.29, 1.82) is 5.26 Å². The maximum Gasteiger partial charge on any atom is 0.255 e. The number of piperidine rings is 1. The fraction of sp³-hybridized carbons (Fsp3) is 0.240. The first kappa shape index (κ1) is 21.5. The molecule has 2 aromatic carbocycles. The van der Waals surface area contributed by atoms with E-state index in [1.165, 1.54) is 0 Å². The second kappa shape index (κ2) is 9.60. The van der Waals surface area contributed by atoms with E-state index in [0.29, 0.717) is 34.7 Å². The van der Waals surface area contributed by atoms with Crippen LogP contribution in [0.1, 0.15) is 34.3 Å². The standard InChI is InChI=1S/C25H25N5O2/c26-14-20-13-17(16-30-11-9-21(31)10-12-30)15-28-24(20)18-5-7-19(8-6-18)25(32)29-23-4-2-1-3-22(23)27/h1-8,13,15,21,31H,9-12,16,27H2,(H,29,32). The number of carbonyl (C=O) groups is 1. The number of aromatic nitrogens is 1. The molecular weight excluding hydrogens is 402 g/mol. The van der Waals surface area contributed by atoms with Crippen LogP contribution in [-0.2, 0) is 6.54 Å². The van der Waals surface area contributed by atoms with Crippen LogP contribution in [0.4, 0.5) is 11.4 Å². The van der Waals surface area contributed by atoms with Crippen LogP contribution in [0.2, 0.25) is 0 Å². The van der Waals surface area contributed by atoms with Crippen LogP contribution in [0.5, 0.6) is 0 Å². The third kappa shape index (κ3) is 4.94. The van der Waals surface area contributed by atoms with E-state index >= 15 is 0 Å². The minimum Gasteiger partial charge on any atom is -0.397 e. The second-order valence-corrected chi connectivity index (χ2v) is 7.98. The predicted octanol–water partition coefficient (Wildman–Crippen LogP) is 3.41. The quantitative estimate of drug-likeness (QED) is 0.538. The number of likely N-dealkylation sites (tertiary alicyclic amines) is 1. The van der Waals surface area contributed by atoms with Crippen LogP contribution >= 0.6 is 0 Å². The lowest BCUT2D eigenvalue weighted by atomic mass is 10.0. The van der Waals surface area contributed by atoms with Gasteiger partial charge in [0.05, 0.1) is 28.7 Å². The summed E-state index contributed by atoms with van der Waals surface area (Å²) in [6, 6.07) is 18.2. The number of benzene rings is 2. The van der Waals surface area contributed by atoms with Gasteiger partial charge in [0.25, 0.3) is 5.91 Å². The summed E-state index contributed by atoms with van der Waals surface area (Å²) in [4.78, 5) is 19.3. The summed E-state index contributed by atoms with van der Waals surface area (Å²) in [5.41, 5.74) is 10.3. The molecule has 1 amide bonds. The summed E-state index contributed by atoms with van der Waals surface area (Å²) < 4.78 is 0. The molecule has 4 N–H and O–H groups in total. The van der Waals surface area contributed by atoms with E-state index in [1.54, 1.807) is 42.6 Å². The predicted molar refractivity (Wildman–Crippen MR) is 124 cm³/mol. The summed E-state index contributed by atoms with van der Waals surface area (Å²) in [5.74, 6) is -0.259. The number of anilines is 2. The number of carbonyl (C=O) groups excluding carboxylic acids is 1. The molecule has 0 atom stereocenters. The molecule has 7 heteroatoms. The highest BCUT2D eigenvalue weighted by atomic mass is 16.3. The number of amides is 1. The summed E-state index contributed by atoms with van der Waals surface area (Å²) in [5, 5.41) is 22.1. The monoisotopic (exact) mass is 427 g/mol. The number of nitrogens with one attached hydrogen (secondary N) is 1. The first-order chi connectivity index (χ1) is 15.5. The third-order valence-corrected chi connectivity index (χ3v) is 5.66. The van der Waals surface area contributed by atoms with E-state index in [-0.39, 0.29) is 12.0 Å². The molecule has 32 heavy (non-hydrogen) atoms. The van der Waals surface area contributed by atoms with Gasteiger partial charge in [0, 0.05) is 37.0 Å². The number of para-hydroxylation sites is 2. The van der Waals surface area contributed by atoms with Crippen LogP contribution in [0.15, 0.2) is 60.8 Å². The molecule has 1 aliphatic heterocycles. The minimum atomic E-state index is -0.259. The molecule has 0 aliphatic carbocycles. The van der Waals surface area contributed by atoms with Crippen molar-refractivity contribution in [2.45, 2.75) is 25.5 Å². The van der Waals surface area contributed by atoms with Crippen LogP contribution in [0, 0.1) is 11.3 Å². The zero-order chi connectivity index (χ0) is 22.5.